The Morgan fingerprint density at radius 1 is 1.42 bits per heavy atom. The van der Waals surface area contributed by atoms with Crippen molar-refractivity contribution in [1.82, 2.24) is 15.5 Å². The second kappa shape index (κ2) is 6.14. The van der Waals surface area contributed by atoms with E-state index in [-0.39, 0.29) is 30.3 Å². The molecule has 1 atom stereocenters. The van der Waals surface area contributed by atoms with Crippen LogP contribution in [-0.2, 0) is 14.4 Å². The van der Waals surface area contributed by atoms with Crippen LogP contribution in [0.25, 0.3) is 0 Å². The largest absolute Gasteiger partial charge is 0.321 e. The van der Waals surface area contributed by atoms with Gasteiger partial charge < -0.3 is 10.2 Å². The number of nitrogens with zero attached hydrogens (tertiary/aromatic N) is 1. The summed E-state index contributed by atoms with van der Waals surface area (Å²) < 4.78 is 0. The molecule has 0 aromatic carbocycles. The van der Waals surface area contributed by atoms with Crippen molar-refractivity contribution in [3.63, 3.8) is 0 Å². The number of imide groups is 1. The molecule has 1 saturated heterocycles. The number of carbonyl (C=O) groups excluding carboxylic acids is 3. The van der Waals surface area contributed by atoms with Gasteiger partial charge in [-0.15, -0.1) is 0 Å². The lowest BCUT2D eigenvalue weighted by Gasteiger charge is -2.33. The SMILES string of the molecule is CCC1C(=O)NC(=O)CN1C(=O)CCNC(C)(C)C. The molecule has 0 aromatic rings. The summed E-state index contributed by atoms with van der Waals surface area (Å²) in [5.41, 5.74) is -0.0560. The molecule has 2 N–H and O–H groups in total. The van der Waals surface area contributed by atoms with Gasteiger partial charge in [-0.25, -0.2) is 0 Å². The smallest absolute Gasteiger partial charge is 0.249 e. The van der Waals surface area contributed by atoms with Crippen LogP contribution in [0, 0.1) is 0 Å². The van der Waals surface area contributed by atoms with Gasteiger partial charge in [0.2, 0.25) is 17.7 Å². The Morgan fingerprint density at radius 3 is 2.58 bits per heavy atom. The molecule has 3 amide bonds. The minimum Gasteiger partial charge on any atom is -0.321 e. The highest BCUT2D eigenvalue weighted by Gasteiger charge is 2.35. The fraction of sp³-hybridized carbons (Fsp3) is 0.769. The van der Waals surface area contributed by atoms with Gasteiger partial charge >= 0.3 is 0 Å². The molecule has 6 nitrogen and oxygen atoms in total. The molecule has 0 aromatic heterocycles. The van der Waals surface area contributed by atoms with Gasteiger partial charge in [-0.1, -0.05) is 6.92 Å². The Bertz CT molecular complexity index is 374. The third kappa shape index (κ3) is 4.63. The Kier molecular flexibility index (Phi) is 5.05. The second-order valence-electron chi connectivity index (χ2n) is 5.78. The van der Waals surface area contributed by atoms with E-state index in [9.17, 15) is 14.4 Å². The van der Waals surface area contributed by atoms with Crippen molar-refractivity contribution in [2.75, 3.05) is 13.1 Å². The standard InChI is InChI=1S/C13H23N3O3/c1-5-9-12(19)15-10(17)8-16(9)11(18)6-7-14-13(2,3)4/h9,14H,5-8H2,1-4H3,(H,15,17,19). The fourth-order valence-electron chi connectivity index (χ4n) is 2.02. The van der Waals surface area contributed by atoms with Crippen molar-refractivity contribution in [1.29, 1.82) is 0 Å². The highest BCUT2D eigenvalue weighted by Crippen LogP contribution is 2.11. The maximum Gasteiger partial charge on any atom is 0.249 e. The summed E-state index contributed by atoms with van der Waals surface area (Å²) in [4.78, 5) is 36.5. The molecule has 1 aliphatic rings. The van der Waals surface area contributed by atoms with Crippen LogP contribution in [-0.4, -0.2) is 47.3 Å². The zero-order valence-electron chi connectivity index (χ0n) is 12.1. The minimum atomic E-state index is -0.528. The summed E-state index contributed by atoms with van der Waals surface area (Å²) in [5, 5.41) is 5.47. The lowest BCUT2D eigenvalue weighted by molar-refractivity contribution is -0.150. The van der Waals surface area contributed by atoms with Gasteiger partial charge in [0, 0.05) is 18.5 Å². The van der Waals surface area contributed by atoms with Crippen LogP contribution in [0.3, 0.4) is 0 Å². The van der Waals surface area contributed by atoms with E-state index in [1.54, 1.807) is 0 Å². The molecule has 0 saturated carbocycles. The number of rotatable bonds is 4. The lowest BCUT2D eigenvalue weighted by Crippen LogP contribution is -2.59. The van der Waals surface area contributed by atoms with Crippen LogP contribution in [0.4, 0.5) is 0 Å². The zero-order valence-corrected chi connectivity index (χ0v) is 12.1. The highest BCUT2D eigenvalue weighted by atomic mass is 16.2. The summed E-state index contributed by atoms with van der Waals surface area (Å²) in [5.74, 6) is -0.950. The first kappa shape index (κ1) is 15.6. The summed E-state index contributed by atoms with van der Waals surface area (Å²) in [6.07, 6.45) is 0.798. The Labute approximate surface area is 113 Å². The average Bonchev–Trinajstić information content (AvgIpc) is 2.26. The van der Waals surface area contributed by atoms with E-state index in [0.717, 1.165) is 0 Å². The van der Waals surface area contributed by atoms with Gasteiger partial charge in [0.15, 0.2) is 0 Å². The maximum absolute atomic E-state index is 12.1. The van der Waals surface area contributed by atoms with Gasteiger partial charge in [-0.05, 0) is 27.2 Å². The average molecular weight is 269 g/mol. The number of nitrogens with one attached hydrogen (secondary N) is 2. The van der Waals surface area contributed by atoms with Crippen LogP contribution in [0.1, 0.15) is 40.5 Å². The van der Waals surface area contributed by atoms with Gasteiger partial charge in [0.1, 0.15) is 12.6 Å². The van der Waals surface area contributed by atoms with Gasteiger partial charge in [0.05, 0.1) is 0 Å². The van der Waals surface area contributed by atoms with Crippen LogP contribution < -0.4 is 10.6 Å². The number of hydrogen-bond acceptors (Lipinski definition) is 4. The molecule has 6 heteroatoms. The van der Waals surface area contributed by atoms with E-state index in [2.05, 4.69) is 10.6 Å². The number of piperazine rings is 1. The van der Waals surface area contributed by atoms with Crippen molar-refractivity contribution in [2.45, 2.75) is 52.1 Å². The zero-order chi connectivity index (χ0) is 14.6. The first-order valence-electron chi connectivity index (χ1n) is 6.63. The Balaban J connectivity index is 2.58. The number of hydrogen-bond donors (Lipinski definition) is 2. The molecule has 0 spiro atoms. The number of carbonyl (C=O) groups is 3. The molecule has 0 aliphatic carbocycles. The molecule has 1 fully saturated rings. The van der Waals surface area contributed by atoms with Crippen molar-refractivity contribution in [2.24, 2.45) is 0 Å². The van der Waals surface area contributed by atoms with Crippen molar-refractivity contribution in [3.05, 3.63) is 0 Å². The molecular formula is C13H23N3O3. The maximum atomic E-state index is 12.1. The molecule has 108 valence electrons. The lowest BCUT2D eigenvalue weighted by atomic mass is 10.1. The number of amides is 3. The third-order valence-corrected chi connectivity index (χ3v) is 2.96. The van der Waals surface area contributed by atoms with E-state index >= 15 is 0 Å². The predicted molar refractivity (Wildman–Crippen MR) is 71.3 cm³/mol. The third-order valence-electron chi connectivity index (χ3n) is 2.96. The highest BCUT2D eigenvalue weighted by molar-refractivity contribution is 6.04. The summed E-state index contributed by atoms with van der Waals surface area (Å²) >= 11 is 0. The Morgan fingerprint density at radius 2 is 2.05 bits per heavy atom. The quantitative estimate of drug-likeness (QED) is 0.706. The fourth-order valence-corrected chi connectivity index (χ4v) is 2.02. The molecular weight excluding hydrogens is 246 g/mol. The predicted octanol–water partition coefficient (Wildman–Crippen LogP) is 0.0282. The minimum absolute atomic E-state index is 0.0292. The summed E-state index contributed by atoms with van der Waals surface area (Å²) in [6, 6.07) is -0.528. The second-order valence-corrected chi connectivity index (χ2v) is 5.78. The Hall–Kier alpha value is -1.43. The molecule has 1 aliphatic heterocycles. The monoisotopic (exact) mass is 269 g/mol. The van der Waals surface area contributed by atoms with Crippen molar-refractivity contribution >= 4 is 17.7 Å². The molecule has 19 heavy (non-hydrogen) atoms. The van der Waals surface area contributed by atoms with E-state index in [1.807, 2.05) is 27.7 Å². The topological polar surface area (TPSA) is 78.5 Å². The van der Waals surface area contributed by atoms with E-state index < -0.39 is 11.9 Å². The van der Waals surface area contributed by atoms with Crippen LogP contribution >= 0.6 is 0 Å². The van der Waals surface area contributed by atoms with Crippen LogP contribution in [0.15, 0.2) is 0 Å². The van der Waals surface area contributed by atoms with Crippen molar-refractivity contribution < 1.29 is 14.4 Å². The van der Waals surface area contributed by atoms with Gasteiger partial charge in [-0.2, -0.15) is 0 Å². The molecule has 1 unspecified atom stereocenters. The van der Waals surface area contributed by atoms with E-state index in [1.165, 1.54) is 4.90 Å². The van der Waals surface area contributed by atoms with Crippen molar-refractivity contribution in [3.8, 4) is 0 Å². The molecule has 1 heterocycles. The summed E-state index contributed by atoms with van der Waals surface area (Å²) in [6.45, 7) is 8.38. The molecule has 0 radical (unpaired) electrons. The first-order chi connectivity index (χ1) is 8.74. The van der Waals surface area contributed by atoms with E-state index in [0.29, 0.717) is 13.0 Å². The summed E-state index contributed by atoms with van der Waals surface area (Å²) in [7, 11) is 0. The molecule has 0 bridgehead atoms. The normalized spacial score (nSPS) is 20.4. The van der Waals surface area contributed by atoms with E-state index in [4.69, 9.17) is 0 Å². The van der Waals surface area contributed by atoms with Crippen LogP contribution in [0.5, 0.6) is 0 Å². The van der Waals surface area contributed by atoms with Gasteiger partial charge in [0.25, 0.3) is 0 Å². The first-order valence-corrected chi connectivity index (χ1v) is 6.63. The van der Waals surface area contributed by atoms with Gasteiger partial charge in [-0.3, -0.25) is 19.7 Å². The molecule has 1 rings (SSSR count). The van der Waals surface area contributed by atoms with Crippen LogP contribution in [0.2, 0.25) is 0 Å².